The fourth-order valence-corrected chi connectivity index (χ4v) is 2.26. The van der Waals surface area contributed by atoms with Gasteiger partial charge in [0.2, 0.25) is 0 Å². The van der Waals surface area contributed by atoms with Gasteiger partial charge in [-0.1, -0.05) is 12.1 Å². The lowest BCUT2D eigenvalue weighted by molar-refractivity contribution is 0.0298. The topological polar surface area (TPSA) is 67.4 Å². The summed E-state index contributed by atoms with van der Waals surface area (Å²) in [6.07, 6.45) is 0. The Kier molecular flexibility index (Phi) is 4.77. The molecule has 2 heterocycles. The number of aromatic nitrogens is 2. The summed E-state index contributed by atoms with van der Waals surface area (Å²) in [6, 6.07) is 9.58. The number of carbonyl (C=O) groups excluding carboxylic acids is 1. The predicted octanol–water partition coefficient (Wildman–Crippen LogP) is 1.70. The van der Waals surface area contributed by atoms with Gasteiger partial charge in [0.05, 0.1) is 13.2 Å². The van der Waals surface area contributed by atoms with Gasteiger partial charge in [-0.2, -0.15) is 0 Å². The monoisotopic (exact) mass is 316 g/mol. The fourth-order valence-electron chi connectivity index (χ4n) is 2.26. The number of anilines is 1. The summed E-state index contributed by atoms with van der Waals surface area (Å²) < 4.78 is 18.1. The van der Waals surface area contributed by atoms with Gasteiger partial charge >= 0.3 is 0 Å². The van der Waals surface area contributed by atoms with Crippen LogP contribution < -0.4 is 5.32 Å². The normalized spacial score (nSPS) is 14.6. The van der Waals surface area contributed by atoms with E-state index in [1.165, 1.54) is 12.1 Å². The molecular formula is C16H17FN4O2. The second kappa shape index (κ2) is 7.15. The molecule has 0 atom stereocenters. The molecule has 3 rings (SSSR count). The summed E-state index contributed by atoms with van der Waals surface area (Å²) in [5, 5.41) is 11.1. The number of hydrogen-bond acceptors (Lipinski definition) is 5. The van der Waals surface area contributed by atoms with E-state index in [-0.39, 0.29) is 11.7 Å². The molecule has 1 amide bonds. The minimum atomic E-state index is -0.264. The van der Waals surface area contributed by atoms with E-state index < -0.39 is 0 Å². The van der Waals surface area contributed by atoms with Gasteiger partial charge in [-0.25, -0.2) is 4.39 Å². The minimum absolute atomic E-state index is 0.133. The average Bonchev–Trinajstić information content (AvgIpc) is 2.62. The maximum Gasteiger partial charge on any atom is 0.274 e. The molecule has 0 aliphatic carbocycles. The second-order valence-corrected chi connectivity index (χ2v) is 5.19. The van der Waals surface area contributed by atoms with E-state index in [1.54, 1.807) is 29.2 Å². The molecule has 1 N–H and O–H groups in total. The van der Waals surface area contributed by atoms with Gasteiger partial charge < -0.3 is 15.0 Å². The van der Waals surface area contributed by atoms with E-state index in [9.17, 15) is 9.18 Å². The van der Waals surface area contributed by atoms with Crippen molar-refractivity contribution in [1.29, 1.82) is 0 Å². The van der Waals surface area contributed by atoms with E-state index >= 15 is 0 Å². The van der Waals surface area contributed by atoms with Crippen LogP contribution in [-0.2, 0) is 11.3 Å². The number of rotatable bonds is 4. The van der Waals surface area contributed by atoms with Crippen LogP contribution in [0.1, 0.15) is 16.1 Å². The van der Waals surface area contributed by atoms with Gasteiger partial charge in [0.25, 0.3) is 5.91 Å². The maximum absolute atomic E-state index is 12.8. The van der Waals surface area contributed by atoms with Gasteiger partial charge in [0.15, 0.2) is 5.69 Å². The lowest BCUT2D eigenvalue weighted by Gasteiger charge is -2.26. The van der Waals surface area contributed by atoms with Crippen molar-refractivity contribution in [2.75, 3.05) is 31.6 Å². The summed E-state index contributed by atoms with van der Waals surface area (Å²) in [4.78, 5) is 13.9. The lowest BCUT2D eigenvalue weighted by Crippen LogP contribution is -2.41. The van der Waals surface area contributed by atoms with E-state index in [1.807, 2.05) is 0 Å². The summed E-state index contributed by atoms with van der Waals surface area (Å²) in [5.41, 5.74) is 1.25. The molecule has 1 aromatic carbocycles. The summed E-state index contributed by atoms with van der Waals surface area (Å²) in [6.45, 7) is 2.76. The minimum Gasteiger partial charge on any atom is -0.378 e. The molecule has 1 aliphatic rings. The van der Waals surface area contributed by atoms with Gasteiger partial charge in [-0.3, -0.25) is 4.79 Å². The lowest BCUT2D eigenvalue weighted by atomic mass is 10.2. The highest BCUT2D eigenvalue weighted by molar-refractivity contribution is 5.92. The van der Waals surface area contributed by atoms with Crippen molar-refractivity contribution < 1.29 is 13.9 Å². The summed E-state index contributed by atoms with van der Waals surface area (Å²) in [7, 11) is 0. The molecule has 0 saturated carbocycles. The van der Waals surface area contributed by atoms with E-state index in [0.29, 0.717) is 44.4 Å². The van der Waals surface area contributed by atoms with Gasteiger partial charge in [0.1, 0.15) is 11.6 Å². The molecule has 2 aromatic rings. The second-order valence-electron chi connectivity index (χ2n) is 5.19. The largest absolute Gasteiger partial charge is 0.378 e. The molecule has 120 valence electrons. The van der Waals surface area contributed by atoms with Crippen molar-refractivity contribution in [3.63, 3.8) is 0 Å². The molecule has 1 aliphatic heterocycles. The first-order chi connectivity index (χ1) is 11.2. The Balaban J connectivity index is 1.58. The maximum atomic E-state index is 12.8. The first-order valence-electron chi connectivity index (χ1n) is 7.41. The fraction of sp³-hybridized carbons (Fsp3) is 0.312. The van der Waals surface area contributed by atoms with E-state index in [2.05, 4.69) is 15.5 Å². The SMILES string of the molecule is O=C(c1ccc(NCc2ccc(F)cc2)nn1)N1CCOCC1. The third kappa shape index (κ3) is 4.01. The number of morpholine rings is 1. The van der Waals surface area contributed by atoms with Crippen LogP contribution in [0.25, 0.3) is 0 Å². The third-order valence-electron chi connectivity index (χ3n) is 3.57. The Morgan fingerprint density at radius 2 is 1.87 bits per heavy atom. The van der Waals surface area contributed by atoms with E-state index in [0.717, 1.165) is 5.56 Å². The van der Waals surface area contributed by atoms with Crippen LogP contribution in [0.4, 0.5) is 10.2 Å². The quantitative estimate of drug-likeness (QED) is 0.930. The Hall–Kier alpha value is -2.54. The van der Waals surface area contributed by atoms with Crippen molar-refractivity contribution in [3.05, 3.63) is 53.5 Å². The molecule has 0 bridgehead atoms. The average molecular weight is 316 g/mol. The molecule has 1 saturated heterocycles. The van der Waals surface area contributed by atoms with Crippen LogP contribution in [0.15, 0.2) is 36.4 Å². The predicted molar refractivity (Wildman–Crippen MR) is 82.5 cm³/mol. The number of benzene rings is 1. The Bertz CT molecular complexity index is 655. The van der Waals surface area contributed by atoms with Crippen molar-refractivity contribution >= 4 is 11.7 Å². The number of ether oxygens (including phenoxy) is 1. The number of nitrogens with zero attached hydrogens (tertiary/aromatic N) is 3. The van der Waals surface area contributed by atoms with Crippen LogP contribution in [0.3, 0.4) is 0 Å². The van der Waals surface area contributed by atoms with Crippen LogP contribution in [0.2, 0.25) is 0 Å². The molecule has 0 spiro atoms. The van der Waals surface area contributed by atoms with Crippen LogP contribution in [0, 0.1) is 5.82 Å². The smallest absolute Gasteiger partial charge is 0.274 e. The molecular weight excluding hydrogens is 299 g/mol. The number of carbonyl (C=O) groups is 1. The van der Waals surface area contributed by atoms with Crippen molar-refractivity contribution in [2.24, 2.45) is 0 Å². The molecule has 7 heteroatoms. The molecule has 0 unspecified atom stereocenters. The van der Waals surface area contributed by atoms with Gasteiger partial charge in [-0.05, 0) is 29.8 Å². The van der Waals surface area contributed by atoms with Crippen molar-refractivity contribution in [3.8, 4) is 0 Å². The van der Waals surface area contributed by atoms with Crippen LogP contribution in [-0.4, -0.2) is 47.3 Å². The standard InChI is InChI=1S/C16H17FN4O2/c17-13-3-1-12(2-4-13)11-18-15-6-5-14(19-20-15)16(22)21-7-9-23-10-8-21/h1-6H,7-11H2,(H,18,20). The summed E-state index contributed by atoms with van der Waals surface area (Å²) >= 11 is 0. The highest BCUT2D eigenvalue weighted by Crippen LogP contribution is 2.09. The molecule has 1 aromatic heterocycles. The number of hydrogen-bond donors (Lipinski definition) is 1. The third-order valence-corrected chi connectivity index (χ3v) is 3.57. The first-order valence-corrected chi connectivity index (χ1v) is 7.41. The zero-order chi connectivity index (χ0) is 16.1. The number of halogens is 1. The van der Waals surface area contributed by atoms with Crippen LogP contribution >= 0.6 is 0 Å². The van der Waals surface area contributed by atoms with Gasteiger partial charge in [0, 0.05) is 19.6 Å². The Morgan fingerprint density at radius 3 is 2.52 bits per heavy atom. The number of nitrogens with one attached hydrogen (secondary N) is 1. The molecule has 6 nitrogen and oxygen atoms in total. The Labute approximate surface area is 133 Å². The molecule has 0 radical (unpaired) electrons. The van der Waals surface area contributed by atoms with Crippen LogP contribution in [0.5, 0.6) is 0 Å². The van der Waals surface area contributed by atoms with Gasteiger partial charge in [-0.15, -0.1) is 10.2 Å². The van der Waals surface area contributed by atoms with E-state index in [4.69, 9.17) is 4.74 Å². The van der Waals surface area contributed by atoms with Crippen molar-refractivity contribution in [1.82, 2.24) is 15.1 Å². The Morgan fingerprint density at radius 1 is 1.13 bits per heavy atom. The van der Waals surface area contributed by atoms with Crippen molar-refractivity contribution in [2.45, 2.75) is 6.54 Å². The number of amides is 1. The zero-order valence-electron chi connectivity index (χ0n) is 12.5. The highest BCUT2D eigenvalue weighted by Gasteiger charge is 2.19. The zero-order valence-corrected chi connectivity index (χ0v) is 12.5. The summed E-state index contributed by atoms with van der Waals surface area (Å²) in [5.74, 6) is 0.165. The molecule has 23 heavy (non-hydrogen) atoms. The highest BCUT2D eigenvalue weighted by atomic mass is 19.1. The first kappa shape index (κ1) is 15.4. The molecule has 1 fully saturated rings.